The highest BCUT2D eigenvalue weighted by Crippen LogP contribution is 2.33. The van der Waals surface area contributed by atoms with E-state index in [0.29, 0.717) is 5.92 Å². The minimum Gasteiger partial charge on any atom is -0.348 e. The Morgan fingerprint density at radius 3 is 2.52 bits per heavy atom. The minimum atomic E-state index is 0.601. The van der Waals surface area contributed by atoms with Crippen LogP contribution in [0.2, 0.25) is 0 Å². The van der Waals surface area contributed by atoms with E-state index in [1.54, 1.807) is 23.7 Å². The molecule has 23 heavy (non-hydrogen) atoms. The number of aromatic nitrogens is 3. The van der Waals surface area contributed by atoms with Crippen molar-refractivity contribution in [2.24, 2.45) is 0 Å². The largest absolute Gasteiger partial charge is 0.348 e. The van der Waals surface area contributed by atoms with E-state index in [4.69, 9.17) is 6.42 Å². The second kappa shape index (κ2) is 5.98. The molecule has 4 rings (SSSR count). The summed E-state index contributed by atoms with van der Waals surface area (Å²) < 4.78 is 0. The average Bonchev–Trinajstić information content (AvgIpc) is 3.06. The number of nitrogens with zero attached hydrogens (tertiary/aromatic N) is 4. The lowest BCUT2D eigenvalue weighted by Gasteiger charge is -2.31. The number of benzene rings is 1. The Kier molecular flexibility index (Phi) is 3.68. The van der Waals surface area contributed by atoms with Crippen LogP contribution < -0.4 is 4.90 Å². The predicted octanol–water partition coefficient (Wildman–Crippen LogP) is 3.45. The van der Waals surface area contributed by atoms with Gasteiger partial charge in [0.1, 0.15) is 0 Å². The number of anilines is 1. The van der Waals surface area contributed by atoms with Gasteiger partial charge in [0.25, 0.3) is 0 Å². The molecule has 0 amide bonds. The van der Waals surface area contributed by atoms with Gasteiger partial charge in [-0.3, -0.25) is 0 Å². The van der Waals surface area contributed by atoms with E-state index >= 15 is 0 Å². The van der Waals surface area contributed by atoms with Crippen molar-refractivity contribution in [1.82, 2.24) is 15.0 Å². The standard InChI is InChI=1S/C18H16N4S/c1-2-13-3-5-14(6-4-13)15-7-11-22(12-8-15)18-21-16-17(23-18)20-10-9-19-16/h1,3-6,9-10,15H,7-8,11-12H2. The summed E-state index contributed by atoms with van der Waals surface area (Å²) in [5.74, 6) is 3.27. The lowest BCUT2D eigenvalue weighted by atomic mass is 9.89. The lowest BCUT2D eigenvalue weighted by molar-refractivity contribution is 0.505. The fourth-order valence-electron chi connectivity index (χ4n) is 3.06. The zero-order chi connectivity index (χ0) is 15.6. The molecule has 1 aliphatic heterocycles. The number of terminal acetylenes is 1. The highest BCUT2D eigenvalue weighted by Gasteiger charge is 2.23. The molecule has 0 spiro atoms. The molecule has 3 aromatic rings. The molecule has 114 valence electrons. The molecular weight excluding hydrogens is 304 g/mol. The maximum absolute atomic E-state index is 5.42. The van der Waals surface area contributed by atoms with Crippen molar-refractivity contribution in [2.45, 2.75) is 18.8 Å². The van der Waals surface area contributed by atoms with E-state index in [0.717, 1.165) is 47.1 Å². The zero-order valence-electron chi connectivity index (χ0n) is 12.6. The van der Waals surface area contributed by atoms with Gasteiger partial charge in [0.15, 0.2) is 15.6 Å². The van der Waals surface area contributed by atoms with Crippen LogP contribution >= 0.6 is 11.3 Å². The van der Waals surface area contributed by atoms with Crippen LogP contribution in [0, 0.1) is 12.3 Å². The topological polar surface area (TPSA) is 41.9 Å². The molecule has 4 nitrogen and oxygen atoms in total. The minimum absolute atomic E-state index is 0.601. The summed E-state index contributed by atoms with van der Waals surface area (Å²) in [7, 11) is 0. The van der Waals surface area contributed by atoms with E-state index < -0.39 is 0 Å². The number of piperidine rings is 1. The van der Waals surface area contributed by atoms with Crippen molar-refractivity contribution in [3.05, 3.63) is 47.8 Å². The van der Waals surface area contributed by atoms with E-state index in [1.165, 1.54) is 5.56 Å². The Labute approximate surface area is 139 Å². The van der Waals surface area contributed by atoms with Crippen molar-refractivity contribution in [2.75, 3.05) is 18.0 Å². The molecule has 0 radical (unpaired) electrons. The molecule has 1 fully saturated rings. The summed E-state index contributed by atoms with van der Waals surface area (Å²) in [4.78, 5) is 16.5. The molecule has 1 aliphatic rings. The summed E-state index contributed by atoms with van der Waals surface area (Å²) in [5.41, 5.74) is 3.08. The van der Waals surface area contributed by atoms with Gasteiger partial charge in [-0.2, -0.15) is 4.98 Å². The van der Waals surface area contributed by atoms with Crippen molar-refractivity contribution in [3.63, 3.8) is 0 Å². The molecule has 0 N–H and O–H groups in total. The van der Waals surface area contributed by atoms with E-state index in [1.807, 2.05) is 12.1 Å². The van der Waals surface area contributed by atoms with Gasteiger partial charge in [0.05, 0.1) is 0 Å². The molecule has 1 aromatic carbocycles. The van der Waals surface area contributed by atoms with Crippen LogP contribution in [0.4, 0.5) is 5.13 Å². The quantitative estimate of drug-likeness (QED) is 0.678. The Balaban J connectivity index is 1.46. The maximum atomic E-state index is 5.42. The van der Waals surface area contributed by atoms with Crippen LogP contribution in [0.1, 0.15) is 29.9 Å². The lowest BCUT2D eigenvalue weighted by Crippen LogP contribution is -2.32. The average molecular weight is 320 g/mol. The van der Waals surface area contributed by atoms with E-state index in [-0.39, 0.29) is 0 Å². The molecule has 2 aromatic heterocycles. The van der Waals surface area contributed by atoms with Crippen LogP contribution in [-0.4, -0.2) is 28.0 Å². The molecule has 0 bridgehead atoms. The monoisotopic (exact) mass is 320 g/mol. The SMILES string of the molecule is C#Cc1ccc(C2CCN(c3nc4nccnc4s3)CC2)cc1. The number of hydrogen-bond acceptors (Lipinski definition) is 5. The van der Waals surface area contributed by atoms with Gasteiger partial charge in [-0.1, -0.05) is 29.4 Å². The maximum Gasteiger partial charge on any atom is 0.191 e. The second-order valence-electron chi connectivity index (χ2n) is 5.71. The Morgan fingerprint density at radius 1 is 1.09 bits per heavy atom. The predicted molar refractivity (Wildman–Crippen MR) is 93.8 cm³/mol. The van der Waals surface area contributed by atoms with Crippen molar-refractivity contribution in [3.8, 4) is 12.3 Å². The van der Waals surface area contributed by atoms with Crippen molar-refractivity contribution >= 4 is 26.9 Å². The molecule has 3 heterocycles. The number of rotatable bonds is 2. The van der Waals surface area contributed by atoms with Crippen LogP contribution in [-0.2, 0) is 0 Å². The van der Waals surface area contributed by atoms with Gasteiger partial charge in [-0.25, -0.2) is 9.97 Å². The third-order valence-electron chi connectivity index (χ3n) is 4.35. The van der Waals surface area contributed by atoms with Crippen LogP contribution in [0.5, 0.6) is 0 Å². The normalized spacial score (nSPS) is 15.7. The van der Waals surface area contributed by atoms with E-state index in [9.17, 15) is 0 Å². The van der Waals surface area contributed by atoms with Crippen molar-refractivity contribution < 1.29 is 0 Å². The summed E-state index contributed by atoms with van der Waals surface area (Å²) in [6.07, 6.45) is 11.1. The summed E-state index contributed by atoms with van der Waals surface area (Å²) >= 11 is 1.62. The Bertz CT molecular complexity index is 822. The smallest absolute Gasteiger partial charge is 0.191 e. The van der Waals surface area contributed by atoms with Crippen LogP contribution in [0.15, 0.2) is 36.7 Å². The van der Waals surface area contributed by atoms with Crippen LogP contribution in [0.3, 0.4) is 0 Å². The molecule has 0 unspecified atom stereocenters. The van der Waals surface area contributed by atoms with E-state index in [2.05, 4.69) is 37.9 Å². The first-order valence-electron chi connectivity index (χ1n) is 7.72. The molecule has 1 saturated heterocycles. The number of thiazole rings is 1. The summed E-state index contributed by atoms with van der Waals surface area (Å²) in [6.45, 7) is 2.03. The first-order chi connectivity index (χ1) is 11.3. The third-order valence-corrected chi connectivity index (χ3v) is 5.36. The fourth-order valence-corrected chi connectivity index (χ4v) is 3.98. The molecular formula is C18H16N4S. The zero-order valence-corrected chi connectivity index (χ0v) is 13.5. The third kappa shape index (κ3) is 2.78. The highest BCUT2D eigenvalue weighted by atomic mass is 32.1. The van der Waals surface area contributed by atoms with Gasteiger partial charge in [-0.05, 0) is 36.5 Å². The van der Waals surface area contributed by atoms with Crippen LogP contribution in [0.25, 0.3) is 10.5 Å². The first-order valence-corrected chi connectivity index (χ1v) is 8.54. The first kappa shape index (κ1) is 14.2. The van der Waals surface area contributed by atoms with Gasteiger partial charge >= 0.3 is 0 Å². The van der Waals surface area contributed by atoms with Gasteiger partial charge in [0, 0.05) is 31.0 Å². The van der Waals surface area contributed by atoms with Gasteiger partial charge < -0.3 is 4.90 Å². The highest BCUT2D eigenvalue weighted by molar-refractivity contribution is 7.21. The Hall–Kier alpha value is -2.45. The van der Waals surface area contributed by atoms with Gasteiger partial charge in [-0.15, -0.1) is 6.42 Å². The van der Waals surface area contributed by atoms with Gasteiger partial charge in [0.2, 0.25) is 0 Å². The second-order valence-corrected chi connectivity index (χ2v) is 6.67. The summed E-state index contributed by atoms with van der Waals surface area (Å²) in [5, 5.41) is 1.03. The fraction of sp³-hybridized carbons (Fsp3) is 0.278. The summed E-state index contributed by atoms with van der Waals surface area (Å²) in [6, 6.07) is 8.40. The Morgan fingerprint density at radius 2 is 1.83 bits per heavy atom. The number of fused-ring (bicyclic) bond motifs is 1. The molecule has 0 atom stereocenters. The number of hydrogen-bond donors (Lipinski definition) is 0. The molecule has 0 saturated carbocycles. The molecule has 0 aliphatic carbocycles. The van der Waals surface area contributed by atoms with Crippen molar-refractivity contribution in [1.29, 1.82) is 0 Å². The molecule has 5 heteroatoms.